The molecule has 4 nitrogen and oxygen atoms in total. The standard InChI is InChI=1S/C26H33NO3S/c1-17(2)20-11-12-25(4)13-14-26-21(24(20)25)10-9-19(15-23(26)30-26)16-27-31(28,29)22-8-6-5-7-18(22)3/h5-10,17,23,27H,11-16H2,1-4H3/t23-,25+,26-/m0/s1. The molecule has 0 amide bonds. The number of allylic oxidation sites excluding steroid dienone is 3. The van der Waals surface area contributed by atoms with Crippen LogP contribution in [-0.2, 0) is 14.8 Å². The van der Waals surface area contributed by atoms with Crippen molar-refractivity contribution >= 4 is 10.0 Å². The Morgan fingerprint density at radius 2 is 1.94 bits per heavy atom. The first kappa shape index (κ1) is 21.2. The molecule has 3 aliphatic carbocycles. The lowest BCUT2D eigenvalue weighted by atomic mass is 9.64. The SMILES string of the molecule is Cc1ccccc1S(=O)(=O)NCC1=CC=C2C3=C(C(C)C)CC[C@]3(C)CC[C@]23O[C@H]3C1. The second-order valence-corrected chi connectivity index (χ2v) is 12.0. The summed E-state index contributed by atoms with van der Waals surface area (Å²) >= 11 is 0. The van der Waals surface area contributed by atoms with Crippen LogP contribution >= 0.6 is 0 Å². The first-order chi connectivity index (χ1) is 14.7. The average Bonchev–Trinajstić information content (AvgIpc) is 3.31. The van der Waals surface area contributed by atoms with Crippen LogP contribution in [0, 0.1) is 18.3 Å². The van der Waals surface area contributed by atoms with Gasteiger partial charge in [0, 0.05) is 6.54 Å². The smallest absolute Gasteiger partial charge is 0.241 e. The van der Waals surface area contributed by atoms with Crippen molar-refractivity contribution in [3.63, 3.8) is 0 Å². The highest BCUT2D eigenvalue weighted by Crippen LogP contribution is 2.65. The third-order valence-corrected chi connectivity index (χ3v) is 9.52. The van der Waals surface area contributed by atoms with Crippen LogP contribution in [0.4, 0.5) is 0 Å². The minimum Gasteiger partial charge on any atom is -0.361 e. The molecule has 5 rings (SSSR count). The van der Waals surface area contributed by atoms with Gasteiger partial charge in [-0.15, -0.1) is 0 Å². The molecule has 1 saturated heterocycles. The summed E-state index contributed by atoms with van der Waals surface area (Å²) in [7, 11) is -3.54. The topological polar surface area (TPSA) is 58.7 Å². The molecule has 1 aromatic rings. The van der Waals surface area contributed by atoms with E-state index in [4.69, 9.17) is 4.74 Å². The zero-order valence-electron chi connectivity index (χ0n) is 19.0. The molecular formula is C26H33NO3S. The van der Waals surface area contributed by atoms with Crippen molar-refractivity contribution in [2.75, 3.05) is 6.54 Å². The summed E-state index contributed by atoms with van der Waals surface area (Å²) in [4.78, 5) is 0.351. The van der Waals surface area contributed by atoms with Crippen molar-refractivity contribution in [3.8, 4) is 0 Å². The van der Waals surface area contributed by atoms with Crippen LogP contribution in [0.25, 0.3) is 0 Å². The van der Waals surface area contributed by atoms with Crippen molar-refractivity contribution in [1.82, 2.24) is 4.72 Å². The fourth-order valence-electron chi connectivity index (χ4n) is 6.05. The van der Waals surface area contributed by atoms with E-state index < -0.39 is 10.0 Å². The zero-order valence-corrected chi connectivity index (χ0v) is 19.8. The molecule has 5 heteroatoms. The average molecular weight is 440 g/mol. The zero-order chi connectivity index (χ0) is 22.0. The Kier molecular flexibility index (Phi) is 4.89. The predicted octanol–water partition coefficient (Wildman–Crippen LogP) is 5.21. The van der Waals surface area contributed by atoms with Crippen LogP contribution in [-0.4, -0.2) is 26.7 Å². The number of benzene rings is 1. The van der Waals surface area contributed by atoms with E-state index in [2.05, 4.69) is 37.6 Å². The first-order valence-electron chi connectivity index (χ1n) is 11.5. The van der Waals surface area contributed by atoms with Crippen LogP contribution in [0.1, 0.15) is 58.4 Å². The van der Waals surface area contributed by atoms with Crippen molar-refractivity contribution in [2.24, 2.45) is 11.3 Å². The third-order valence-electron chi connectivity index (χ3n) is 7.96. The molecule has 0 aromatic heterocycles. The van der Waals surface area contributed by atoms with Crippen LogP contribution in [0.15, 0.2) is 63.6 Å². The highest BCUT2D eigenvalue weighted by Gasteiger charge is 2.64. The van der Waals surface area contributed by atoms with E-state index in [-0.39, 0.29) is 17.1 Å². The maximum Gasteiger partial charge on any atom is 0.241 e. The molecule has 31 heavy (non-hydrogen) atoms. The first-order valence-corrected chi connectivity index (χ1v) is 13.0. The van der Waals surface area contributed by atoms with Crippen LogP contribution in [0.2, 0.25) is 0 Å². The van der Waals surface area contributed by atoms with E-state index in [9.17, 15) is 8.42 Å². The fraction of sp³-hybridized carbons (Fsp3) is 0.538. The second-order valence-electron chi connectivity index (χ2n) is 10.3. The molecule has 1 heterocycles. The van der Waals surface area contributed by atoms with Gasteiger partial charge in [0.05, 0.1) is 11.0 Å². The molecule has 1 spiro atoms. The predicted molar refractivity (Wildman–Crippen MR) is 123 cm³/mol. The number of sulfonamides is 1. The van der Waals surface area contributed by atoms with Gasteiger partial charge in [-0.2, -0.15) is 0 Å². The second kappa shape index (κ2) is 7.16. The summed E-state index contributed by atoms with van der Waals surface area (Å²) in [6, 6.07) is 7.11. The van der Waals surface area contributed by atoms with Gasteiger partial charge in [0.1, 0.15) is 5.60 Å². The van der Waals surface area contributed by atoms with E-state index in [0.717, 1.165) is 24.0 Å². The maximum atomic E-state index is 12.8. The van der Waals surface area contributed by atoms with Crippen molar-refractivity contribution in [1.29, 1.82) is 0 Å². The number of aryl methyl sites for hydroxylation is 1. The number of epoxide rings is 1. The van der Waals surface area contributed by atoms with Gasteiger partial charge in [-0.1, -0.05) is 62.3 Å². The van der Waals surface area contributed by atoms with Crippen molar-refractivity contribution in [3.05, 3.63) is 64.3 Å². The number of rotatable bonds is 5. The van der Waals surface area contributed by atoms with Crippen LogP contribution in [0.5, 0.6) is 0 Å². The molecule has 166 valence electrons. The lowest BCUT2D eigenvalue weighted by molar-refractivity contribution is 0.235. The maximum absolute atomic E-state index is 12.8. The molecule has 0 bridgehead atoms. The largest absolute Gasteiger partial charge is 0.361 e. The summed E-state index contributed by atoms with van der Waals surface area (Å²) in [5.41, 5.74) is 6.49. The van der Waals surface area contributed by atoms with Gasteiger partial charge in [-0.05, 0) is 73.1 Å². The third kappa shape index (κ3) is 3.37. The summed E-state index contributed by atoms with van der Waals surface area (Å²) < 4.78 is 34.9. The molecule has 0 radical (unpaired) electrons. The summed E-state index contributed by atoms with van der Waals surface area (Å²) in [6.45, 7) is 9.19. The van der Waals surface area contributed by atoms with E-state index in [1.165, 1.54) is 24.8 Å². The quantitative estimate of drug-likeness (QED) is 0.641. The van der Waals surface area contributed by atoms with Crippen molar-refractivity contribution < 1.29 is 13.2 Å². The minimum absolute atomic E-state index is 0.146. The number of ether oxygens (including phenoxy) is 1. The Hall–Kier alpha value is -1.69. The van der Waals surface area contributed by atoms with Gasteiger partial charge in [0.15, 0.2) is 0 Å². The fourth-order valence-corrected chi connectivity index (χ4v) is 7.33. The lowest BCUT2D eigenvalue weighted by Crippen LogP contribution is -2.34. The van der Waals surface area contributed by atoms with Gasteiger partial charge in [-0.25, -0.2) is 13.1 Å². The summed E-state index contributed by atoms with van der Waals surface area (Å²) in [5.74, 6) is 0.553. The Balaban J connectivity index is 1.43. The van der Waals surface area contributed by atoms with Gasteiger partial charge in [0.25, 0.3) is 0 Å². The van der Waals surface area contributed by atoms with Gasteiger partial charge >= 0.3 is 0 Å². The highest BCUT2D eigenvalue weighted by atomic mass is 32.2. The monoisotopic (exact) mass is 439 g/mol. The van der Waals surface area contributed by atoms with Gasteiger partial charge in [-0.3, -0.25) is 0 Å². The molecule has 1 aromatic carbocycles. The van der Waals surface area contributed by atoms with E-state index >= 15 is 0 Å². The van der Waals surface area contributed by atoms with E-state index in [1.54, 1.807) is 23.3 Å². The van der Waals surface area contributed by atoms with Gasteiger partial charge < -0.3 is 4.74 Å². The lowest BCUT2D eigenvalue weighted by Gasteiger charge is -2.39. The molecule has 4 aliphatic rings. The van der Waals surface area contributed by atoms with Crippen molar-refractivity contribution in [2.45, 2.75) is 76.4 Å². The molecule has 2 fully saturated rings. The number of fused-ring (bicyclic) bond motifs is 2. The van der Waals surface area contributed by atoms with Crippen LogP contribution in [0.3, 0.4) is 0 Å². The summed E-state index contributed by atoms with van der Waals surface area (Å²) in [6.07, 6.45) is 10.0. The number of nitrogens with one attached hydrogen (secondary N) is 1. The molecular weight excluding hydrogens is 406 g/mol. The minimum atomic E-state index is -3.54. The molecule has 1 N–H and O–H groups in total. The van der Waals surface area contributed by atoms with E-state index in [0.29, 0.717) is 17.4 Å². The Morgan fingerprint density at radius 3 is 2.68 bits per heavy atom. The van der Waals surface area contributed by atoms with Crippen LogP contribution < -0.4 is 4.72 Å². The Labute approximate surface area is 186 Å². The summed E-state index contributed by atoms with van der Waals surface area (Å²) in [5, 5.41) is 0. The molecule has 1 saturated carbocycles. The van der Waals surface area contributed by atoms with E-state index in [1.807, 2.05) is 19.1 Å². The molecule has 3 atom stereocenters. The number of hydrogen-bond acceptors (Lipinski definition) is 3. The Morgan fingerprint density at radius 1 is 1.16 bits per heavy atom. The normalized spacial score (nSPS) is 32.1. The Bertz CT molecular complexity index is 1130. The number of hydrogen-bond donors (Lipinski definition) is 1. The highest BCUT2D eigenvalue weighted by molar-refractivity contribution is 7.89. The van der Waals surface area contributed by atoms with Gasteiger partial charge in [0.2, 0.25) is 10.0 Å². The molecule has 0 unspecified atom stereocenters. The molecule has 1 aliphatic heterocycles.